The van der Waals surface area contributed by atoms with Crippen LogP contribution in [0.3, 0.4) is 0 Å². The molecule has 0 unspecified atom stereocenters. The molecule has 0 saturated carbocycles. The summed E-state index contributed by atoms with van der Waals surface area (Å²) < 4.78 is 1.36. The van der Waals surface area contributed by atoms with Crippen molar-refractivity contribution in [1.29, 1.82) is 0 Å². The van der Waals surface area contributed by atoms with Crippen molar-refractivity contribution >= 4 is 28.7 Å². The zero-order chi connectivity index (χ0) is 15.4. The van der Waals surface area contributed by atoms with Crippen LogP contribution < -0.4 is 16.6 Å². The van der Waals surface area contributed by atoms with Gasteiger partial charge < -0.3 is 16.0 Å². The van der Waals surface area contributed by atoms with Crippen molar-refractivity contribution in [3.63, 3.8) is 0 Å². The van der Waals surface area contributed by atoms with Gasteiger partial charge in [-0.2, -0.15) is 5.10 Å². The lowest BCUT2D eigenvalue weighted by Gasteiger charge is -2.12. The SMILES string of the molecule is CN(C)CCn1ncc(Nc2ccc(N)cc2)c(Cl)c1=O. The standard InChI is InChI=1S/C14H18ClN5O/c1-19(2)7-8-20-14(21)13(15)12(9-17-20)18-11-5-3-10(16)4-6-11/h3-6,9,18H,7-8,16H2,1-2H3. The highest BCUT2D eigenvalue weighted by Crippen LogP contribution is 2.21. The molecule has 1 heterocycles. The first-order valence-corrected chi connectivity index (χ1v) is 6.88. The number of anilines is 3. The number of benzene rings is 1. The van der Waals surface area contributed by atoms with E-state index in [0.29, 0.717) is 24.5 Å². The van der Waals surface area contributed by atoms with E-state index in [2.05, 4.69) is 10.4 Å². The fourth-order valence-corrected chi connectivity index (χ4v) is 1.92. The van der Waals surface area contributed by atoms with Crippen LogP contribution in [-0.4, -0.2) is 35.3 Å². The largest absolute Gasteiger partial charge is 0.399 e. The van der Waals surface area contributed by atoms with Crippen molar-refractivity contribution in [3.8, 4) is 0 Å². The summed E-state index contributed by atoms with van der Waals surface area (Å²) in [6.07, 6.45) is 1.55. The van der Waals surface area contributed by atoms with Gasteiger partial charge in [0.25, 0.3) is 5.56 Å². The summed E-state index contributed by atoms with van der Waals surface area (Å²) in [5, 5.41) is 7.31. The molecule has 0 radical (unpaired) electrons. The number of nitrogens with one attached hydrogen (secondary N) is 1. The molecule has 1 aromatic heterocycles. The maximum atomic E-state index is 12.1. The van der Waals surface area contributed by atoms with Gasteiger partial charge in [-0.3, -0.25) is 4.79 Å². The van der Waals surface area contributed by atoms with E-state index in [-0.39, 0.29) is 10.6 Å². The summed E-state index contributed by atoms with van der Waals surface area (Å²) in [4.78, 5) is 14.1. The van der Waals surface area contributed by atoms with Gasteiger partial charge in [0.05, 0.1) is 18.4 Å². The predicted octanol–water partition coefficient (Wildman–Crippen LogP) is 1.78. The van der Waals surface area contributed by atoms with Crippen LogP contribution in [0.4, 0.5) is 17.1 Å². The summed E-state index contributed by atoms with van der Waals surface area (Å²) >= 11 is 6.12. The number of rotatable bonds is 5. The van der Waals surface area contributed by atoms with E-state index in [1.165, 1.54) is 4.68 Å². The maximum absolute atomic E-state index is 12.1. The molecule has 0 spiro atoms. The molecule has 2 rings (SSSR count). The second-order valence-corrected chi connectivity index (χ2v) is 5.33. The first kappa shape index (κ1) is 15.3. The molecular formula is C14H18ClN5O. The van der Waals surface area contributed by atoms with Crippen LogP contribution >= 0.6 is 11.6 Å². The molecule has 0 bridgehead atoms. The van der Waals surface area contributed by atoms with Crippen molar-refractivity contribution in [2.45, 2.75) is 6.54 Å². The van der Waals surface area contributed by atoms with E-state index in [0.717, 1.165) is 5.69 Å². The number of aromatic nitrogens is 2. The number of likely N-dealkylation sites (N-methyl/N-ethyl adjacent to an activating group) is 1. The molecule has 0 amide bonds. The molecule has 0 fully saturated rings. The van der Waals surface area contributed by atoms with E-state index >= 15 is 0 Å². The number of halogens is 1. The predicted molar refractivity (Wildman–Crippen MR) is 86.2 cm³/mol. The second kappa shape index (κ2) is 6.60. The fourth-order valence-electron chi connectivity index (χ4n) is 1.73. The topological polar surface area (TPSA) is 76.2 Å². The maximum Gasteiger partial charge on any atom is 0.287 e. The fraction of sp³-hybridized carbons (Fsp3) is 0.286. The minimum absolute atomic E-state index is 0.126. The van der Waals surface area contributed by atoms with E-state index in [1.807, 2.05) is 31.1 Å². The van der Waals surface area contributed by atoms with Gasteiger partial charge in [0, 0.05) is 17.9 Å². The highest BCUT2D eigenvalue weighted by Gasteiger charge is 2.09. The van der Waals surface area contributed by atoms with E-state index in [9.17, 15) is 4.79 Å². The quantitative estimate of drug-likeness (QED) is 0.824. The molecule has 0 aliphatic carbocycles. The van der Waals surface area contributed by atoms with Crippen LogP contribution in [0.15, 0.2) is 35.3 Å². The average Bonchev–Trinajstić information content (AvgIpc) is 2.45. The van der Waals surface area contributed by atoms with Crippen LogP contribution in [0.2, 0.25) is 5.02 Å². The second-order valence-electron chi connectivity index (χ2n) is 4.95. The highest BCUT2D eigenvalue weighted by molar-refractivity contribution is 6.33. The lowest BCUT2D eigenvalue weighted by atomic mass is 10.3. The number of nitrogen functional groups attached to an aromatic ring is 1. The van der Waals surface area contributed by atoms with Gasteiger partial charge in [-0.25, -0.2) is 4.68 Å². The van der Waals surface area contributed by atoms with Gasteiger partial charge >= 0.3 is 0 Å². The Hall–Kier alpha value is -2.05. The molecule has 1 aromatic carbocycles. The molecule has 112 valence electrons. The number of hydrogen-bond donors (Lipinski definition) is 2. The Morgan fingerprint density at radius 1 is 1.33 bits per heavy atom. The molecule has 0 saturated heterocycles. The lowest BCUT2D eigenvalue weighted by molar-refractivity contribution is 0.367. The smallest absolute Gasteiger partial charge is 0.287 e. The minimum Gasteiger partial charge on any atom is -0.399 e. The molecule has 0 aliphatic heterocycles. The van der Waals surface area contributed by atoms with Crippen molar-refractivity contribution in [1.82, 2.24) is 14.7 Å². The zero-order valence-electron chi connectivity index (χ0n) is 12.0. The Balaban J connectivity index is 2.20. The summed E-state index contributed by atoms with van der Waals surface area (Å²) in [5.74, 6) is 0. The Labute approximate surface area is 128 Å². The average molecular weight is 308 g/mol. The number of nitrogens with two attached hydrogens (primary N) is 1. The molecule has 7 heteroatoms. The first-order valence-electron chi connectivity index (χ1n) is 6.50. The van der Waals surface area contributed by atoms with Crippen LogP contribution in [0.5, 0.6) is 0 Å². The third-order valence-corrected chi connectivity index (χ3v) is 3.30. The summed E-state index contributed by atoms with van der Waals surface area (Å²) in [5.41, 5.74) is 7.26. The lowest BCUT2D eigenvalue weighted by Crippen LogP contribution is -2.29. The van der Waals surface area contributed by atoms with E-state index < -0.39 is 0 Å². The zero-order valence-corrected chi connectivity index (χ0v) is 12.8. The Bertz CT molecular complexity index is 666. The molecule has 0 atom stereocenters. The third kappa shape index (κ3) is 3.96. The minimum atomic E-state index is -0.307. The van der Waals surface area contributed by atoms with Crippen molar-refractivity contribution in [3.05, 3.63) is 45.8 Å². The van der Waals surface area contributed by atoms with Crippen molar-refractivity contribution in [2.75, 3.05) is 31.7 Å². The molecule has 6 nitrogen and oxygen atoms in total. The van der Waals surface area contributed by atoms with Crippen molar-refractivity contribution in [2.24, 2.45) is 0 Å². The normalized spacial score (nSPS) is 10.9. The molecule has 3 N–H and O–H groups in total. The van der Waals surface area contributed by atoms with Crippen LogP contribution in [0.25, 0.3) is 0 Å². The molecular weight excluding hydrogens is 290 g/mol. The van der Waals surface area contributed by atoms with Gasteiger partial charge in [0.2, 0.25) is 0 Å². The van der Waals surface area contributed by atoms with Gasteiger partial charge in [-0.15, -0.1) is 0 Å². The Kier molecular flexibility index (Phi) is 4.82. The number of hydrogen-bond acceptors (Lipinski definition) is 5. The van der Waals surface area contributed by atoms with E-state index in [1.54, 1.807) is 18.3 Å². The van der Waals surface area contributed by atoms with Crippen LogP contribution in [-0.2, 0) is 6.54 Å². The van der Waals surface area contributed by atoms with Gasteiger partial charge in [-0.1, -0.05) is 11.6 Å². The monoisotopic (exact) mass is 307 g/mol. The third-order valence-electron chi connectivity index (χ3n) is 2.93. The van der Waals surface area contributed by atoms with Gasteiger partial charge in [0.1, 0.15) is 5.02 Å². The van der Waals surface area contributed by atoms with Crippen LogP contribution in [0.1, 0.15) is 0 Å². The number of nitrogens with zero attached hydrogens (tertiary/aromatic N) is 3. The summed E-state index contributed by atoms with van der Waals surface area (Å²) in [6, 6.07) is 7.15. The molecule has 0 aliphatic rings. The van der Waals surface area contributed by atoms with E-state index in [4.69, 9.17) is 17.3 Å². The summed E-state index contributed by atoms with van der Waals surface area (Å²) in [7, 11) is 3.87. The highest BCUT2D eigenvalue weighted by atomic mass is 35.5. The van der Waals surface area contributed by atoms with Crippen molar-refractivity contribution < 1.29 is 0 Å². The first-order chi connectivity index (χ1) is 9.97. The van der Waals surface area contributed by atoms with Gasteiger partial charge in [-0.05, 0) is 38.4 Å². The van der Waals surface area contributed by atoms with Crippen LogP contribution in [0, 0.1) is 0 Å². The Morgan fingerprint density at radius 2 is 2.00 bits per heavy atom. The van der Waals surface area contributed by atoms with Gasteiger partial charge in [0.15, 0.2) is 0 Å². The Morgan fingerprint density at radius 3 is 2.62 bits per heavy atom. The summed E-state index contributed by atoms with van der Waals surface area (Å²) in [6.45, 7) is 1.21. The molecule has 2 aromatic rings. The molecule has 21 heavy (non-hydrogen) atoms.